The Hall–Kier alpha value is -0.340. The van der Waals surface area contributed by atoms with Crippen molar-refractivity contribution in [3.8, 4) is 0 Å². The summed E-state index contributed by atoms with van der Waals surface area (Å²) in [5.74, 6) is 0.819. The Kier molecular flexibility index (Phi) is 4.86. The van der Waals surface area contributed by atoms with Gasteiger partial charge in [0.05, 0.1) is 0 Å². The number of rotatable bonds is 5. The van der Waals surface area contributed by atoms with Crippen LogP contribution in [0.1, 0.15) is 45.4 Å². The van der Waals surface area contributed by atoms with E-state index >= 15 is 0 Å². The zero-order valence-electron chi connectivity index (χ0n) is 10.6. The van der Waals surface area contributed by atoms with Crippen molar-refractivity contribution in [1.82, 2.24) is 10.6 Å². The van der Waals surface area contributed by atoms with E-state index in [2.05, 4.69) is 23.6 Å². The van der Waals surface area contributed by atoms with Crippen LogP contribution in [-0.4, -0.2) is 25.7 Å². The van der Waals surface area contributed by atoms with Gasteiger partial charge < -0.3 is 10.6 Å². The molecule has 16 heavy (non-hydrogen) atoms. The maximum atomic E-state index is 3.62. The van der Waals surface area contributed by atoms with Crippen LogP contribution in [0.2, 0.25) is 0 Å². The molecular formula is C14H26N2. The molecule has 1 fully saturated rings. The van der Waals surface area contributed by atoms with Gasteiger partial charge in [-0.15, -0.1) is 0 Å². The Morgan fingerprint density at radius 1 is 1.38 bits per heavy atom. The Morgan fingerprint density at radius 2 is 2.31 bits per heavy atom. The minimum Gasteiger partial charge on any atom is -0.316 e. The molecule has 1 saturated heterocycles. The van der Waals surface area contributed by atoms with Crippen molar-refractivity contribution in [2.24, 2.45) is 5.92 Å². The lowest BCUT2D eigenvalue weighted by atomic mass is 10.0. The Labute approximate surface area is 99.9 Å². The smallest absolute Gasteiger partial charge is 0.00791 e. The van der Waals surface area contributed by atoms with Gasteiger partial charge in [0.1, 0.15) is 0 Å². The van der Waals surface area contributed by atoms with Crippen molar-refractivity contribution < 1.29 is 0 Å². The lowest BCUT2D eigenvalue weighted by molar-refractivity contribution is 0.372. The highest BCUT2D eigenvalue weighted by molar-refractivity contribution is 5.09. The molecule has 2 nitrogen and oxygen atoms in total. The van der Waals surface area contributed by atoms with Crippen LogP contribution in [0.5, 0.6) is 0 Å². The van der Waals surface area contributed by atoms with E-state index in [0.29, 0.717) is 0 Å². The maximum absolute atomic E-state index is 3.62. The van der Waals surface area contributed by atoms with E-state index in [4.69, 9.17) is 0 Å². The number of hydrogen-bond acceptors (Lipinski definition) is 2. The molecule has 0 spiro atoms. The summed E-state index contributed by atoms with van der Waals surface area (Å²) >= 11 is 0. The van der Waals surface area contributed by atoms with Gasteiger partial charge in [-0.05, 0) is 58.0 Å². The lowest BCUT2D eigenvalue weighted by Gasteiger charge is -2.23. The molecule has 1 heterocycles. The van der Waals surface area contributed by atoms with Gasteiger partial charge in [-0.1, -0.05) is 18.1 Å². The van der Waals surface area contributed by atoms with Gasteiger partial charge in [0.15, 0.2) is 0 Å². The average molecular weight is 222 g/mol. The maximum Gasteiger partial charge on any atom is 0.00791 e. The van der Waals surface area contributed by atoms with E-state index in [-0.39, 0.29) is 0 Å². The van der Waals surface area contributed by atoms with Gasteiger partial charge in [-0.2, -0.15) is 0 Å². The van der Waals surface area contributed by atoms with E-state index in [9.17, 15) is 0 Å². The van der Waals surface area contributed by atoms with Crippen LogP contribution in [0.3, 0.4) is 0 Å². The molecule has 0 radical (unpaired) electrons. The van der Waals surface area contributed by atoms with Crippen LogP contribution in [0.25, 0.3) is 0 Å². The van der Waals surface area contributed by atoms with Crippen molar-refractivity contribution in [1.29, 1.82) is 0 Å². The van der Waals surface area contributed by atoms with Crippen LogP contribution >= 0.6 is 0 Å². The van der Waals surface area contributed by atoms with Gasteiger partial charge >= 0.3 is 0 Å². The molecule has 2 aliphatic rings. The van der Waals surface area contributed by atoms with Gasteiger partial charge in [0, 0.05) is 12.6 Å². The summed E-state index contributed by atoms with van der Waals surface area (Å²) in [6.07, 6.45) is 10.5. The van der Waals surface area contributed by atoms with Crippen LogP contribution in [0, 0.1) is 5.92 Å². The third-order valence-electron chi connectivity index (χ3n) is 4.10. The first kappa shape index (κ1) is 12.1. The minimum absolute atomic E-state index is 0.779. The summed E-state index contributed by atoms with van der Waals surface area (Å²) in [5.41, 5.74) is 1.60. The fourth-order valence-electron chi connectivity index (χ4n) is 2.89. The summed E-state index contributed by atoms with van der Waals surface area (Å²) in [5, 5.41) is 7.23. The molecule has 92 valence electrons. The second-order valence-electron chi connectivity index (χ2n) is 5.36. The molecule has 0 amide bonds. The Morgan fingerprint density at radius 3 is 3.00 bits per heavy atom. The molecule has 2 rings (SSSR count). The van der Waals surface area contributed by atoms with Crippen molar-refractivity contribution in [3.63, 3.8) is 0 Å². The largest absolute Gasteiger partial charge is 0.316 e. The molecule has 0 aromatic carbocycles. The number of piperidine rings is 1. The molecule has 2 heteroatoms. The fraction of sp³-hybridized carbons (Fsp3) is 0.857. The number of allylic oxidation sites excluding steroid dienone is 1. The fourth-order valence-corrected chi connectivity index (χ4v) is 2.89. The van der Waals surface area contributed by atoms with Crippen LogP contribution in [0.15, 0.2) is 11.6 Å². The van der Waals surface area contributed by atoms with Crippen LogP contribution < -0.4 is 10.6 Å². The average Bonchev–Trinajstić information content (AvgIpc) is 2.72. The van der Waals surface area contributed by atoms with E-state index in [1.807, 2.05) is 0 Å². The first-order valence-corrected chi connectivity index (χ1v) is 6.97. The Bertz CT molecular complexity index is 229. The topological polar surface area (TPSA) is 24.1 Å². The Balaban J connectivity index is 1.53. The van der Waals surface area contributed by atoms with Crippen molar-refractivity contribution in [2.75, 3.05) is 19.6 Å². The van der Waals surface area contributed by atoms with Gasteiger partial charge in [0.25, 0.3) is 0 Å². The molecule has 0 saturated carbocycles. The summed E-state index contributed by atoms with van der Waals surface area (Å²) in [4.78, 5) is 0. The molecular weight excluding hydrogens is 196 g/mol. The molecule has 2 unspecified atom stereocenters. The summed E-state index contributed by atoms with van der Waals surface area (Å²) < 4.78 is 0. The standard InChI is InChI=1S/C14H26N2/c1-12-5-4-6-13(12)11-15-10-8-14-7-2-3-9-16-14/h5,13-16H,2-4,6-11H2,1H3. The third-order valence-corrected chi connectivity index (χ3v) is 4.10. The summed E-state index contributed by atoms with van der Waals surface area (Å²) in [6, 6.07) is 0.779. The highest BCUT2D eigenvalue weighted by Crippen LogP contribution is 2.24. The first-order chi connectivity index (χ1) is 7.86. The van der Waals surface area contributed by atoms with E-state index in [1.165, 1.54) is 58.2 Å². The summed E-state index contributed by atoms with van der Waals surface area (Å²) in [6.45, 7) is 5.88. The number of hydrogen-bond donors (Lipinski definition) is 2. The van der Waals surface area contributed by atoms with Crippen LogP contribution in [0.4, 0.5) is 0 Å². The molecule has 1 aliphatic heterocycles. The lowest BCUT2D eigenvalue weighted by Crippen LogP contribution is -2.37. The zero-order chi connectivity index (χ0) is 11.2. The summed E-state index contributed by atoms with van der Waals surface area (Å²) in [7, 11) is 0. The molecule has 1 aliphatic carbocycles. The zero-order valence-corrected chi connectivity index (χ0v) is 10.6. The molecule has 2 N–H and O–H groups in total. The van der Waals surface area contributed by atoms with Gasteiger partial charge in [-0.25, -0.2) is 0 Å². The van der Waals surface area contributed by atoms with Gasteiger partial charge in [-0.3, -0.25) is 0 Å². The molecule has 0 aromatic heterocycles. The highest BCUT2D eigenvalue weighted by Gasteiger charge is 2.15. The van der Waals surface area contributed by atoms with Crippen molar-refractivity contribution >= 4 is 0 Å². The minimum atomic E-state index is 0.779. The third kappa shape index (κ3) is 3.60. The highest BCUT2D eigenvalue weighted by atomic mass is 14.9. The van der Waals surface area contributed by atoms with E-state index in [0.717, 1.165) is 12.0 Å². The SMILES string of the molecule is CC1=CCCC1CNCCC1CCCCN1. The van der Waals surface area contributed by atoms with Crippen molar-refractivity contribution in [3.05, 3.63) is 11.6 Å². The second kappa shape index (κ2) is 6.41. The predicted octanol–water partition coefficient (Wildman–Crippen LogP) is 2.46. The monoisotopic (exact) mass is 222 g/mol. The van der Waals surface area contributed by atoms with E-state index < -0.39 is 0 Å². The molecule has 0 aromatic rings. The predicted molar refractivity (Wildman–Crippen MR) is 69.6 cm³/mol. The first-order valence-electron chi connectivity index (χ1n) is 6.97. The van der Waals surface area contributed by atoms with E-state index in [1.54, 1.807) is 5.57 Å². The quantitative estimate of drug-likeness (QED) is 0.551. The van der Waals surface area contributed by atoms with Crippen molar-refractivity contribution in [2.45, 2.75) is 51.5 Å². The normalized spacial score (nSPS) is 30.4. The molecule has 0 bridgehead atoms. The molecule has 2 atom stereocenters. The number of nitrogens with one attached hydrogen (secondary N) is 2. The van der Waals surface area contributed by atoms with Gasteiger partial charge in [0.2, 0.25) is 0 Å². The second-order valence-corrected chi connectivity index (χ2v) is 5.36. The van der Waals surface area contributed by atoms with Crippen LogP contribution in [-0.2, 0) is 0 Å².